The highest BCUT2D eigenvalue weighted by Gasteiger charge is 2.12. The predicted molar refractivity (Wildman–Crippen MR) is 89.0 cm³/mol. The fourth-order valence-electron chi connectivity index (χ4n) is 2.38. The van der Waals surface area contributed by atoms with Crippen molar-refractivity contribution in [3.05, 3.63) is 72.8 Å². The summed E-state index contributed by atoms with van der Waals surface area (Å²) in [6.07, 6.45) is 0. The topological polar surface area (TPSA) is 26.0 Å². The average Bonchev–Trinajstić information content (AvgIpc) is 2.51. The van der Waals surface area contributed by atoms with Crippen LogP contribution in [0.2, 0.25) is 0 Å². The van der Waals surface area contributed by atoms with Crippen LogP contribution < -0.4 is 5.73 Å². The van der Waals surface area contributed by atoms with E-state index >= 15 is 0 Å². The fourth-order valence-corrected chi connectivity index (χ4v) is 2.57. The van der Waals surface area contributed by atoms with Gasteiger partial charge in [0.1, 0.15) is 0 Å². The second kappa shape index (κ2) is 5.43. The van der Waals surface area contributed by atoms with Crippen LogP contribution in [-0.2, 0) is 0 Å². The van der Waals surface area contributed by atoms with Crippen LogP contribution >= 0.6 is 12.6 Å². The second-order valence-electron chi connectivity index (χ2n) is 4.65. The van der Waals surface area contributed by atoms with Gasteiger partial charge in [0.25, 0.3) is 0 Å². The van der Waals surface area contributed by atoms with Gasteiger partial charge < -0.3 is 5.73 Å². The van der Waals surface area contributed by atoms with Crippen molar-refractivity contribution in [3.63, 3.8) is 0 Å². The summed E-state index contributed by atoms with van der Waals surface area (Å²) in [5.41, 5.74) is 11.4. The standard InChI is InChI=1S/C18H15NS/c19-18-16(20)12-11-15(13-7-3-1-4-8-13)17(18)14-9-5-2-6-10-14/h1-12,20H,19H2. The van der Waals surface area contributed by atoms with E-state index in [9.17, 15) is 0 Å². The first-order chi connectivity index (χ1) is 9.77. The molecule has 0 aliphatic heterocycles. The highest BCUT2D eigenvalue weighted by atomic mass is 32.1. The lowest BCUT2D eigenvalue weighted by Crippen LogP contribution is -1.95. The molecule has 0 radical (unpaired) electrons. The van der Waals surface area contributed by atoms with E-state index in [2.05, 4.69) is 43.0 Å². The molecule has 0 aromatic heterocycles. The van der Waals surface area contributed by atoms with Crippen molar-refractivity contribution in [2.45, 2.75) is 4.90 Å². The Morgan fingerprint density at radius 3 is 1.80 bits per heavy atom. The van der Waals surface area contributed by atoms with E-state index < -0.39 is 0 Å². The third-order valence-electron chi connectivity index (χ3n) is 3.37. The number of hydrogen-bond acceptors (Lipinski definition) is 2. The summed E-state index contributed by atoms with van der Waals surface area (Å²) in [6, 6.07) is 24.5. The third kappa shape index (κ3) is 2.30. The number of thiol groups is 1. The Balaban J connectivity index is 2.29. The predicted octanol–water partition coefficient (Wildman–Crippen LogP) is 4.89. The smallest absolute Gasteiger partial charge is 0.0535 e. The zero-order valence-corrected chi connectivity index (χ0v) is 11.8. The first kappa shape index (κ1) is 12.8. The van der Waals surface area contributed by atoms with Gasteiger partial charge in [0.05, 0.1) is 5.69 Å². The fraction of sp³-hybridized carbons (Fsp3) is 0. The van der Waals surface area contributed by atoms with Gasteiger partial charge in [-0.1, -0.05) is 66.7 Å². The highest BCUT2D eigenvalue weighted by Crippen LogP contribution is 2.39. The molecule has 0 bridgehead atoms. The molecule has 0 heterocycles. The zero-order chi connectivity index (χ0) is 13.9. The molecule has 3 rings (SSSR count). The molecule has 3 aromatic carbocycles. The maximum Gasteiger partial charge on any atom is 0.0535 e. The van der Waals surface area contributed by atoms with Gasteiger partial charge in [0.2, 0.25) is 0 Å². The van der Waals surface area contributed by atoms with Crippen molar-refractivity contribution >= 4 is 18.3 Å². The van der Waals surface area contributed by atoms with Crippen LogP contribution in [0, 0.1) is 0 Å². The lowest BCUT2D eigenvalue weighted by molar-refractivity contribution is 1.46. The Morgan fingerprint density at radius 2 is 1.20 bits per heavy atom. The Hall–Kier alpha value is -2.19. The zero-order valence-electron chi connectivity index (χ0n) is 11.0. The molecular weight excluding hydrogens is 262 g/mol. The SMILES string of the molecule is Nc1c(S)ccc(-c2ccccc2)c1-c1ccccc1. The molecule has 0 fully saturated rings. The summed E-state index contributed by atoms with van der Waals surface area (Å²) >= 11 is 4.45. The van der Waals surface area contributed by atoms with E-state index in [4.69, 9.17) is 5.73 Å². The molecule has 0 amide bonds. The maximum absolute atomic E-state index is 6.28. The first-order valence-corrected chi connectivity index (χ1v) is 6.94. The van der Waals surface area contributed by atoms with Crippen molar-refractivity contribution < 1.29 is 0 Å². The van der Waals surface area contributed by atoms with Gasteiger partial charge in [-0.3, -0.25) is 0 Å². The summed E-state index contributed by atoms with van der Waals surface area (Å²) in [5.74, 6) is 0. The van der Waals surface area contributed by atoms with Crippen molar-refractivity contribution in [3.8, 4) is 22.3 Å². The number of hydrogen-bond donors (Lipinski definition) is 2. The minimum Gasteiger partial charge on any atom is -0.397 e. The van der Waals surface area contributed by atoms with Crippen molar-refractivity contribution in [1.82, 2.24) is 0 Å². The maximum atomic E-state index is 6.28. The molecule has 2 heteroatoms. The molecule has 98 valence electrons. The molecule has 20 heavy (non-hydrogen) atoms. The minimum atomic E-state index is 0.723. The molecular formula is C18H15NS. The second-order valence-corrected chi connectivity index (χ2v) is 5.13. The van der Waals surface area contributed by atoms with E-state index in [0.29, 0.717) is 0 Å². The highest BCUT2D eigenvalue weighted by molar-refractivity contribution is 7.80. The molecule has 0 atom stereocenters. The Bertz CT molecular complexity index is 721. The van der Waals surface area contributed by atoms with Gasteiger partial charge >= 0.3 is 0 Å². The van der Waals surface area contributed by atoms with Crippen LogP contribution in [0.25, 0.3) is 22.3 Å². The molecule has 0 saturated heterocycles. The van der Waals surface area contributed by atoms with E-state index in [-0.39, 0.29) is 0 Å². The first-order valence-electron chi connectivity index (χ1n) is 6.49. The molecule has 1 nitrogen and oxygen atoms in total. The molecule has 0 unspecified atom stereocenters. The molecule has 0 saturated carbocycles. The number of benzene rings is 3. The monoisotopic (exact) mass is 277 g/mol. The summed E-state index contributed by atoms with van der Waals surface area (Å²) in [4.78, 5) is 0.809. The van der Waals surface area contributed by atoms with Crippen LogP contribution in [-0.4, -0.2) is 0 Å². The van der Waals surface area contributed by atoms with Crippen LogP contribution in [0.5, 0.6) is 0 Å². The van der Waals surface area contributed by atoms with Crippen LogP contribution in [0.4, 0.5) is 5.69 Å². The van der Waals surface area contributed by atoms with Crippen molar-refractivity contribution in [2.24, 2.45) is 0 Å². The van der Waals surface area contributed by atoms with E-state index in [1.807, 2.05) is 42.5 Å². The summed E-state index contributed by atoms with van der Waals surface area (Å²) in [6.45, 7) is 0. The molecule has 0 aliphatic carbocycles. The van der Waals surface area contributed by atoms with Crippen molar-refractivity contribution in [1.29, 1.82) is 0 Å². The van der Waals surface area contributed by atoms with Crippen LogP contribution in [0.1, 0.15) is 0 Å². The number of anilines is 1. The minimum absolute atomic E-state index is 0.723. The lowest BCUT2D eigenvalue weighted by atomic mass is 9.93. The molecule has 0 spiro atoms. The number of nitrogens with two attached hydrogens (primary N) is 1. The van der Waals surface area contributed by atoms with Gasteiger partial charge in [0, 0.05) is 10.5 Å². The lowest BCUT2D eigenvalue weighted by Gasteiger charge is -2.14. The largest absolute Gasteiger partial charge is 0.397 e. The van der Waals surface area contributed by atoms with Gasteiger partial charge in [-0.2, -0.15) is 0 Å². The van der Waals surface area contributed by atoms with Crippen LogP contribution in [0.3, 0.4) is 0 Å². The molecule has 2 N–H and O–H groups in total. The van der Waals surface area contributed by atoms with Crippen LogP contribution in [0.15, 0.2) is 77.7 Å². The van der Waals surface area contributed by atoms with E-state index in [0.717, 1.165) is 32.8 Å². The quantitative estimate of drug-likeness (QED) is 0.506. The van der Waals surface area contributed by atoms with Gasteiger partial charge in [-0.25, -0.2) is 0 Å². The summed E-state index contributed by atoms with van der Waals surface area (Å²) in [7, 11) is 0. The molecule has 3 aromatic rings. The number of nitrogen functional groups attached to an aromatic ring is 1. The summed E-state index contributed by atoms with van der Waals surface area (Å²) < 4.78 is 0. The summed E-state index contributed by atoms with van der Waals surface area (Å²) in [5, 5.41) is 0. The Labute approximate surface area is 124 Å². The Morgan fingerprint density at radius 1 is 0.650 bits per heavy atom. The number of rotatable bonds is 2. The van der Waals surface area contributed by atoms with Gasteiger partial charge in [-0.15, -0.1) is 12.6 Å². The van der Waals surface area contributed by atoms with E-state index in [1.165, 1.54) is 0 Å². The van der Waals surface area contributed by atoms with Gasteiger partial charge in [-0.05, 0) is 22.8 Å². The van der Waals surface area contributed by atoms with E-state index in [1.54, 1.807) is 0 Å². The molecule has 0 aliphatic rings. The third-order valence-corrected chi connectivity index (χ3v) is 3.76. The van der Waals surface area contributed by atoms with Crippen molar-refractivity contribution in [2.75, 3.05) is 5.73 Å². The average molecular weight is 277 g/mol. The Kier molecular flexibility index (Phi) is 3.48. The normalized spacial score (nSPS) is 10.4. The van der Waals surface area contributed by atoms with Gasteiger partial charge in [0.15, 0.2) is 0 Å².